The number of nitriles is 2. The molecule has 0 spiro atoms. The first-order valence-corrected chi connectivity index (χ1v) is 7.73. The van der Waals surface area contributed by atoms with Gasteiger partial charge in [-0.3, -0.25) is 0 Å². The van der Waals surface area contributed by atoms with Crippen LogP contribution < -0.4 is 0 Å². The molecule has 0 fully saturated rings. The van der Waals surface area contributed by atoms with Crippen LogP contribution in [0.2, 0.25) is 0 Å². The zero-order chi connectivity index (χ0) is 19.1. The first kappa shape index (κ1) is 27.9. The SMILES string of the molecule is CC1=CC=CC(C)[N+]1=O.CC1=CC=CC(C)[N+]1=O.N#C[S-].N#C[S-].[Co+2]. The molecule has 0 saturated heterocycles. The van der Waals surface area contributed by atoms with Crippen molar-refractivity contribution in [1.82, 2.24) is 0 Å². The maximum absolute atomic E-state index is 10.9. The molecule has 9 heteroatoms. The largest absolute Gasteiger partial charge is 2.00 e. The molecule has 2 heterocycles. The molecule has 2 atom stereocenters. The number of hydrogen-bond acceptors (Lipinski definition) is 6. The third kappa shape index (κ3) is 13.1. The Morgan fingerprint density at radius 3 is 1.28 bits per heavy atom. The maximum Gasteiger partial charge on any atom is 2.00 e. The summed E-state index contributed by atoms with van der Waals surface area (Å²) in [6.07, 6.45) is 11.2. The third-order valence-corrected chi connectivity index (χ3v) is 2.89. The second-order valence-corrected chi connectivity index (χ2v) is 5.07. The number of nitrogens with zero attached hydrogens (tertiary/aromatic N) is 4. The van der Waals surface area contributed by atoms with Crippen molar-refractivity contribution in [2.75, 3.05) is 0 Å². The number of thiocyanates is 2. The van der Waals surface area contributed by atoms with Crippen LogP contribution in [0.4, 0.5) is 0 Å². The van der Waals surface area contributed by atoms with Gasteiger partial charge in [0.2, 0.25) is 23.5 Å². The number of allylic oxidation sites excluding steroid dienone is 6. The number of nitroso groups, excluding NO2 is 2. The molecule has 0 aromatic rings. The summed E-state index contributed by atoms with van der Waals surface area (Å²) in [4.78, 5) is 21.8. The molecular weight excluding hydrogens is 403 g/mol. The molecular formula is C16H20CoN4O2S2+2. The van der Waals surface area contributed by atoms with E-state index < -0.39 is 0 Å². The zero-order valence-electron chi connectivity index (χ0n) is 14.4. The van der Waals surface area contributed by atoms with Crippen LogP contribution >= 0.6 is 0 Å². The Hall–Kier alpha value is -1.91. The van der Waals surface area contributed by atoms with Gasteiger partial charge in [0.15, 0.2) is 0 Å². The van der Waals surface area contributed by atoms with E-state index in [9.17, 15) is 9.81 Å². The van der Waals surface area contributed by atoms with E-state index in [4.69, 9.17) is 10.5 Å². The molecule has 0 N–H and O–H groups in total. The molecule has 0 aromatic heterocycles. The summed E-state index contributed by atoms with van der Waals surface area (Å²) in [5, 5.41) is 16.9. The van der Waals surface area contributed by atoms with E-state index in [-0.39, 0.29) is 28.9 Å². The molecule has 0 saturated carbocycles. The van der Waals surface area contributed by atoms with Crippen LogP contribution in [-0.2, 0) is 42.0 Å². The number of rotatable bonds is 0. The summed E-state index contributed by atoms with van der Waals surface area (Å²) in [6, 6.07) is 0.0185. The van der Waals surface area contributed by atoms with Gasteiger partial charge >= 0.3 is 16.8 Å². The standard InChI is InChI=1S/2C7H10NO.2CHNS.Co/c2*1-6-4-3-5-7(2)8(6)9;2*2-1-3;/h2*3-6H,1-2H3;2*3H;/q2*+1;;;+2/p-2. The van der Waals surface area contributed by atoms with Gasteiger partial charge in [0, 0.05) is 59.2 Å². The van der Waals surface area contributed by atoms with Crippen molar-refractivity contribution in [3.63, 3.8) is 0 Å². The molecule has 0 amide bonds. The summed E-state index contributed by atoms with van der Waals surface area (Å²) in [5.74, 6) is 0. The fourth-order valence-electron chi connectivity index (χ4n) is 1.66. The van der Waals surface area contributed by atoms with E-state index in [1.165, 1.54) is 10.8 Å². The summed E-state index contributed by atoms with van der Waals surface area (Å²) in [5.41, 5.74) is 1.56. The average Bonchev–Trinajstić information content (AvgIpc) is 2.52. The van der Waals surface area contributed by atoms with Crippen LogP contribution in [0.25, 0.3) is 0 Å². The monoisotopic (exact) mass is 423 g/mol. The Labute approximate surface area is 170 Å². The summed E-state index contributed by atoms with van der Waals surface area (Å²) in [7, 11) is 0. The minimum Gasteiger partial charge on any atom is -0.696 e. The third-order valence-electron chi connectivity index (χ3n) is 2.89. The van der Waals surface area contributed by atoms with Crippen LogP contribution in [0.15, 0.2) is 47.9 Å². The van der Waals surface area contributed by atoms with Crippen molar-refractivity contribution in [2.45, 2.75) is 39.8 Å². The van der Waals surface area contributed by atoms with E-state index in [0.717, 1.165) is 20.9 Å². The van der Waals surface area contributed by atoms with Crippen molar-refractivity contribution < 1.29 is 26.3 Å². The topological polar surface area (TPSA) is 87.7 Å². The normalized spacial score (nSPS) is 19.4. The summed E-state index contributed by atoms with van der Waals surface area (Å²) >= 11 is 7.40. The summed E-state index contributed by atoms with van der Waals surface area (Å²) < 4.78 is 2.00. The van der Waals surface area contributed by atoms with Gasteiger partial charge in [0.1, 0.15) is 0 Å². The van der Waals surface area contributed by atoms with Gasteiger partial charge < -0.3 is 25.3 Å². The fourth-order valence-corrected chi connectivity index (χ4v) is 1.66. The Morgan fingerprint density at radius 2 is 1.12 bits per heavy atom. The van der Waals surface area contributed by atoms with E-state index in [1.54, 1.807) is 0 Å². The Morgan fingerprint density at radius 1 is 0.880 bits per heavy atom. The predicted molar refractivity (Wildman–Crippen MR) is 97.9 cm³/mol. The Kier molecular flexibility index (Phi) is 18.9. The van der Waals surface area contributed by atoms with E-state index in [2.05, 4.69) is 25.3 Å². The van der Waals surface area contributed by atoms with Crippen molar-refractivity contribution >= 4 is 25.3 Å². The van der Waals surface area contributed by atoms with Crippen LogP contribution in [0.5, 0.6) is 0 Å². The van der Waals surface area contributed by atoms with Gasteiger partial charge in [-0.25, -0.2) is 10.5 Å². The van der Waals surface area contributed by atoms with E-state index >= 15 is 0 Å². The zero-order valence-corrected chi connectivity index (χ0v) is 17.0. The van der Waals surface area contributed by atoms with Crippen molar-refractivity contribution in [3.8, 4) is 10.8 Å². The van der Waals surface area contributed by atoms with Crippen LogP contribution in [0, 0.1) is 31.1 Å². The summed E-state index contributed by atoms with van der Waals surface area (Å²) in [6.45, 7) is 7.38. The van der Waals surface area contributed by atoms with Gasteiger partial charge in [-0.05, 0) is 12.2 Å². The minimum absolute atomic E-state index is 0. The van der Waals surface area contributed by atoms with Crippen LogP contribution in [0.1, 0.15) is 27.7 Å². The minimum atomic E-state index is 0. The quantitative estimate of drug-likeness (QED) is 0.338. The molecule has 2 aliphatic heterocycles. The van der Waals surface area contributed by atoms with Gasteiger partial charge in [0.25, 0.3) is 0 Å². The van der Waals surface area contributed by atoms with Crippen LogP contribution in [0.3, 0.4) is 0 Å². The van der Waals surface area contributed by atoms with E-state index in [1.807, 2.05) is 64.2 Å². The smallest absolute Gasteiger partial charge is 0.696 e. The molecule has 1 radical (unpaired) electrons. The van der Waals surface area contributed by atoms with E-state index in [0.29, 0.717) is 0 Å². The molecule has 0 bridgehead atoms. The molecule has 2 aliphatic rings. The van der Waals surface area contributed by atoms with Gasteiger partial charge in [-0.1, -0.05) is 23.0 Å². The Balaban J connectivity index is -0.000000287. The Bertz CT molecular complexity index is 588. The molecule has 6 nitrogen and oxygen atoms in total. The first-order chi connectivity index (χ1) is 11.3. The van der Waals surface area contributed by atoms with Gasteiger partial charge in [-0.2, -0.15) is 0 Å². The predicted octanol–water partition coefficient (Wildman–Crippen LogP) is 3.28. The molecule has 25 heavy (non-hydrogen) atoms. The molecule has 135 valence electrons. The average molecular weight is 423 g/mol. The second kappa shape index (κ2) is 16.9. The second-order valence-electron chi connectivity index (χ2n) is 4.70. The van der Waals surface area contributed by atoms with Gasteiger partial charge in [-0.15, -0.1) is 0 Å². The van der Waals surface area contributed by atoms with Crippen molar-refractivity contribution in [3.05, 3.63) is 57.7 Å². The van der Waals surface area contributed by atoms with Gasteiger partial charge in [0.05, 0.1) is 0 Å². The molecule has 0 aliphatic carbocycles. The first-order valence-electron chi connectivity index (χ1n) is 6.92. The maximum atomic E-state index is 10.9. The van der Waals surface area contributed by atoms with Crippen molar-refractivity contribution in [1.29, 1.82) is 10.5 Å². The molecule has 2 unspecified atom stereocenters. The number of hydrogen-bond donors (Lipinski definition) is 0. The fraction of sp³-hybridized carbons (Fsp3) is 0.375. The van der Waals surface area contributed by atoms with Crippen molar-refractivity contribution in [2.24, 2.45) is 0 Å². The molecule has 2 rings (SSSR count). The van der Waals surface area contributed by atoms with Crippen LogP contribution in [-0.4, -0.2) is 21.6 Å². The molecule has 0 aromatic carbocycles.